The van der Waals surface area contributed by atoms with Crippen LogP contribution in [0.25, 0.3) is 10.9 Å². The topological polar surface area (TPSA) is 63.1 Å². The van der Waals surface area contributed by atoms with Gasteiger partial charge in [0.15, 0.2) is 11.6 Å². The van der Waals surface area contributed by atoms with E-state index in [9.17, 15) is 14.4 Å². The third-order valence-electron chi connectivity index (χ3n) is 7.21. The SMILES string of the molecule is CC(C)N1CCN(c2ccc3c(c2)C(C)(C)c2[nH]c4c(F)c(C#N)ccc4c2C3=O)CC1. The third kappa shape index (κ3) is 2.88. The first-order valence-corrected chi connectivity index (χ1v) is 11.2. The van der Waals surface area contributed by atoms with Gasteiger partial charge in [0.25, 0.3) is 0 Å². The maximum Gasteiger partial charge on any atom is 0.195 e. The summed E-state index contributed by atoms with van der Waals surface area (Å²) in [5, 5.41) is 9.74. The zero-order valence-corrected chi connectivity index (χ0v) is 18.9. The second-order valence-electron chi connectivity index (χ2n) is 9.64. The Morgan fingerprint density at radius 3 is 2.50 bits per heavy atom. The highest BCUT2D eigenvalue weighted by Crippen LogP contribution is 2.45. The van der Waals surface area contributed by atoms with Crippen molar-refractivity contribution < 1.29 is 9.18 Å². The summed E-state index contributed by atoms with van der Waals surface area (Å²) in [6.07, 6.45) is 0. The number of piperazine rings is 1. The molecule has 32 heavy (non-hydrogen) atoms. The molecule has 2 aliphatic rings. The lowest BCUT2D eigenvalue weighted by molar-refractivity contribution is 0.103. The number of hydrogen-bond donors (Lipinski definition) is 1. The molecule has 3 aromatic rings. The minimum absolute atomic E-state index is 0.0262. The molecule has 1 saturated heterocycles. The number of aromatic nitrogens is 1. The number of anilines is 1. The molecule has 2 aromatic carbocycles. The van der Waals surface area contributed by atoms with Gasteiger partial charge in [0, 0.05) is 60.0 Å². The van der Waals surface area contributed by atoms with E-state index in [0.29, 0.717) is 28.2 Å². The Kier molecular flexibility index (Phi) is 4.65. The van der Waals surface area contributed by atoms with E-state index in [2.05, 4.69) is 48.5 Å². The molecule has 0 spiro atoms. The first-order chi connectivity index (χ1) is 15.2. The molecule has 1 fully saturated rings. The molecule has 0 atom stereocenters. The molecule has 0 unspecified atom stereocenters. The zero-order chi connectivity index (χ0) is 22.8. The minimum atomic E-state index is -0.601. The predicted molar refractivity (Wildman–Crippen MR) is 124 cm³/mol. The maximum absolute atomic E-state index is 14.9. The number of fused-ring (bicyclic) bond motifs is 4. The fraction of sp³-hybridized carbons (Fsp3) is 0.385. The first-order valence-electron chi connectivity index (χ1n) is 11.2. The van der Waals surface area contributed by atoms with Crippen LogP contribution in [0.2, 0.25) is 0 Å². The van der Waals surface area contributed by atoms with Crippen molar-refractivity contribution >= 4 is 22.4 Å². The number of halogens is 1. The number of H-pyrrole nitrogens is 1. The number of rotatable bonds is 2. The second-order valence-corrected chi connectivity index (χ2v) is 9.64. The van der Waals surface area contributed by atoms with Crippen molar-refractivity contribution in [3.63, 3.8) is 0 Å². The lowest BCUT2D eigenvalue weighted by atomic mass is 9.71. The Morgan fingerprint density at radius 2 is 1.84 bits per heavy atom. The number of nitriles is 1. The molecule has 1 aliphatic carbocycles. The summed E-state index contributed by atoms with van der Waals surface area (Å²) < 4.78 is 14.9. The molecule has 6 heteroatoms. The smallest absolute Gasteiger partial charge is 0.195 e. The first kappa shape index (κ1) is 20.7. The Hall–Kier alpha value is -3.17. The van der Waals surface area contributed by atoms with Crippen LogP contribution in [0.15, 0.2) is 30.3 Å². The van der Waals surface area contributed by atoms with Gasteiger partial charge in [-0.3, -0.25) is 9.69 Å². The molecule has 1 N–H and O–H groups in total. The lowest BCUT2D eigenvalue weighted by Gasteiger charge is -2.39. The molecule has 2 heterocycles. The van der Waals surface area contributed by atoms with Gasteiger partial charge in [0.2, 0.25) is 0 Å². The maximum atomic E-state index is 14.9. The summed E-state index contributed by atoms with van der Waals surface area (Å²) in [5.74, 6) is -0.698. The molecular weight excluding hydrogens is 403 g/mol. The van der Waals surface area contributed by atoms with Gasteiger partial charge in [-0.15, -0.1) is 0 Å². The fourth-order valence-corrected chi connectivity index (χ4v) is 5.23. The van der Waals surface area contributed by atoms with E-state index in [1.165, 1.54) is 6.07 Å². The summed E-state index contributed by atoms with van der Waals surface area (Å²) in [7, 11) is 0. The Labute approximate surface area is 187 Å². The highest BCUT2D eigenvalue weighted by Gasteiger charge is 2.40. The number of nitrogens with one attached hydrogen (secondary N) is 1. The van der Waals surface area contributed by atoms with E-state index < -0.39 is 11.2 Å². The summed E-state index contributed by atoms with van der Waals surface area (Å²) in [5.41, 5.74) is 3.65. The van der Waals surface area contributed by atoms with Crippen LogP contribution in [-0.4, -0.2) is 47.9 Å². The average molecular weight is 431 g/mol. The molecule has 0 bridgehead atoms. The van der Waals surface area contributed by atoms with E-state index in [-0.39, 0.29) is 16.9 Å². The van der Waals surface area contributed by atoms with Crippen molar-refractivity contribution in [1.82, 2.24) is 9.88 Å². The van der Waals surface area contributed by atoms with Gasteiger partial charge >= 0.3 is 0 Å². The number of carbonyl (C=O) groups is 1. The molecule has 0 saturated carbocycles. The minimum Gasteiger partial charge on any atom is -0.369 e. The van der Waals surface area contributed by atoms with Gasteiger partial charge in [-0.05, 0) is 43.7 Å². The van der Waals surface area contributed by atoms with Crippen LogP contribution < -0.4 is 4.90 Å². The van der Waals surface area contributed by atoms with Gasteiger partial charge in [-0.2, -0.15) is 5.26 Å². The van der Waals surface area contributed by atoms with Gasteiger partial charge in [-0.1, -0.05) is 19.9 Å². The summed E-state index contributed by atoms with van der Waals surface area (Å²) in [6.45, 7) is 12.5. The molecule has 1 aromatic heterocycles. The largest absolute Gasteiger partial charge is 0.369 e. The Bertz CT molecular complexity index is 1290. The molecule has 0 radical (unpaired) electrons. The van der Waals surface area contributed by atoms with Gasteiger partial charge in [0.05, 0.1) is 16.6 Å². The van der Waals surface area contributed by atoms with Gasteiger partial charge in [0.1, 0.15) is 6.07 Å². The fourth-order valence-electron chi connectivity index (χ4n) is 5.23. The number of ketones is 1. The van der Waals surface area contributed by atoms with Gasteiger partial charge < -0.3 is 9.88 Å². The molecule has 0 amide bonds. The monoisotopic (exact) mass is 430 g/mol. The van der Waals surface area contributed by atoms with Crippen molar-refractivity contribution in [3.8, 4) is 6.07 Å². The van der Waals surface area contributed by atoms with Crippen molar-refractivity contribution in [2.24, 2.45) is 0 Å². The van der Waals surface area contributed by atoms with Crippen molar-refractivity contribution in [2.45, 2.75) is 39.2 Å². The number of carbonyl (C=O) groups excluding carboxylic acids is 1. The molecular formula is C26H27FN4O. The second kappa shape index (κ2) is 7.18. The van der Waals surface area contributed by atoms with Crippen LogP contribution in [0.5, 0.6) is 0 Å². The predicted octanol–water partition coefficient (Wildman–Crippen LogP) is 4.58. The van der Waals surface area contributed by atoms with E-state index in [1.54, 1.807) is 6.07 Å². The molecule has 1 aliphatic heterocycles. The Balaban J connectivity index is 1.59. The normalized spacial score (nSPS) is 18.0. The average Bonchev–Trinajstić information content (AvgIpc) is 3.20. The highest BCUT2D eigenvalue weighted by atomic mass is 19.1. The summed E-state index contributed by atoms with van der Waals surface area (Å²) in [4.78, 5) is 21.5. The van der Waals surface area contributed by atoms with Crippen molar-refractivity contribution in [3.05, 3.63) is 64.1 Å². The molecule has 5 nitrogen and oxygen atoms in total. The van der Waals surface area contributed by atoms with Crippen molar-refractivity contribution in [1.29, 1.82) is 5.26 Å². The van der Waals surface area contributed by atoms with E-state index >= 15 is 0 Å². The van der Waals surface area contributed by atoms with Gasteiger partial charge in [-0.25, -0.2) is 4.39 Å². The number of aromatic amines is 1. The highest BCUT2D eigenvalue weighted by molar-refractivity contribution is 6.20. The van der Waals surface area contributed by atoms with Crippen LogP contribution in [-0.2, 0) is 5.41 Å². The quantitative estimate of drug-likeness (QED) is 0.646. The summed E-state index contributed by atoms with van der Waals surface area (Å²) >= 11 is 0. The van der Waals surface area contributed by atoms with Crippen LogP contribution in [0.4, 0.5) is 10.1 Å². The molecule has 5 rings (SSSR count). The van der Waals surface area contributed by atoms with E-state index in [1.807, 2.05) is 18.2 Å². The van der Waals surface area contributed by atoms with Crippen molar-refractivity contribution in [2.75, 3.05) is 31.1 Å². The van der Waals surface area contributed by atoms with Crippen LogP contribution in [0.1, 0.15) is 60.4 Å². The number of hydrogen-bond acceptors (Lipinski definition) is 4. The van der Waals surface area contributed by atoms with E-state index in [4.69, 9.17) is 0 Å². The van der Waals surface area contributed by atoms with Crippen LogP contribution in [0.3, 0.4) is 0 Å². The van der Waals surface area contributed by atoms with Crippen LogP contribution >= 0.6 is 0 Å². The summed E-state index contributed by atoms with van der Waals surface area (Å²) in [6, 6.07) is 11.6. The third-order valence-corrected chi connectivity index (χ3v) is 7.21. The standard InChI is InChI=1S/C26H27FN4O/c1-15(2)30-9-11-31(12-10-30)17-6-8-18-20(13-17)26(3,4)25-21(24(18)32)19-7-5-16(14-28)22(27)23(19)29-25/h5-8,13,15,29H,9-12H2,1-4H3. The molecule has 164 valence electrons. The number of benzene rings is 2. The lowest BCUT2D eigenvalue weighted by Crippen LogP contribution is -2.49. The van der Waals surface area contributed by atoms with Crippen LogP contribution in [0, 0.1) is 17.1 Å². The van der Waals surface area contributed by atoms with E-state index in [0.717, 1.165) is 37.4 Å². The Morgan fingerprint density at radius 1 is 1.12 bits per heavy atom. The number of nitrogens with zero attached hydrogens (tertiary/aromatic N) is 3. The zero-order valence-electron chi connectivity index (χ0n) is 18.9.